The Morgan fingerprint density at radius 3 is 2.52 bits per heavy atom. The molecule has 0 unspecified atom stereocenters. The maximum Gasteiger partial charge on any atom is 0.364 e. The van der Waals surface area contributed by atoms with Crippen LogP contribution in [-0.2, 0) is 10.0 Å². The molecule has 3 rings (SSSR count). The Labute approximate surface area is 145 Å². The topological polar surface area (TPSA) is 98.4 Å². The van der Waals surface area contributed by atoms with Crippen LogP contribution in [0.25, 0.3) is 10.8 Å². The van der Waals surface area contributed by atoms with E-state index >= 15 is 0 Å². The summed E-state index contributed by atoms with van der Waals surface area (Å²) in [7, 11) is -0.126. The Hall–Kier alpha value is -2.94. The number of carbonyl (C=O) groups excluding carboxylic acids is 1. The monoisotopic (exact) mass is 360 g/mol. The van der Waals surface area contributed by atoms with Crippen molar-refractivity contribution < 1.29 is 18.2 Å². The second-order valence-corrected chi connectivity index (χ2v) is 7.35. The Bertz CT molecular complexity index is 1060. The van der Waals surface area contributed by atoms with Gasteiger partial charge in [-0.05, 0) is 21.9 Å². The van der Waals surface area contributed by atoms with Crippen molar-refractivity contribution in [3.8, 4) is 0 Å². The molecule has 2 N–H and O–H groups in total. The van der Waals surface area contributed by atoms with Crippen LogP contribution in [-0.4, -0.2) is 38.2 Å². The third-order valence-electron chi connectivity index (χ3n) is 3.75. The largest absolute Gasteiger partial charge is 0.377 e. The molecule has 0 spiro atoms. The molecular weight excluding hydrogens is 342 g/mol. The van der Waals surface area contributed by atoms with Gasteiger partial charge in [-0.25, -0.2) is 4.98 Å². The van der Waals surface area contributed by atoms with E-state index < -0.39 is 15.9 Å². The number of carbonyl (C=O) groups is 1. The smallest absolute Gasteiger partial charge is 0.364 e. The summed E-state index contributed by atoms with van der Waals surface area (Å²) >= 11 is 0. The number of rotatable bonds is 4. The molecule has 130 valence electrons. The highest BCUT2D eigenvalue weighted by Gasteiger charge is 2.26. The Kier molecular flexibility index (Phi) is 4.17. The van der Waals surface area contributed by atoms with Crippen molar-refractivity contribution in [3.05, 3.63) is 42.7 Å². The zero-order chi connectivity index (χ0) is 18.2. The SMILES string of the molecule is CC(=O)n1nc[nH+]c1NS(=O)(=O)c1cccc2c(N(C)C)cccc12. The quantitative estimate of drug-likeness (QED) is 0.758. The van der Waals surface area contributed by atoms with E-state index in [0.717, 1.165) is 15.8 Å². The van der Waals surface area contributed by atoms with Crippen LogP contribution < -0.4 is 14.6 Å². The number of aromatic amines is 1. The van der Waals surface area contributed by atoms with Crippen LogP contribution in [0.1, 0.15) is 11.7 Å². The molecule has 0 atom stereocenters. The van der Waals surface area contributed by atoms with Crippen molar-refractivity contribution >= 4 is 38.3 Å². The van der Waals surface area contributed by atoms with E-state index in [-0.39, 0.29) is 10.8 Å². The molecule has 0 aliphatic rings. The molecule has 3 aromatic rings. The van der Waals surface area contributed by atoms with Crippen LogP contribution in [0.15, 0.2) is 47.6 Å². The van der Waals surface area contributed by atoms with E-state index in [1.807, 2.05) is 37.2 Å². The summed E-state index contributed by atoms with van der Waals surface area (Å²) in [5.41, 5.74) is 0.912. The predicted molar refractivity (Wildman–Crippen MR) is 94.2 cm³/mol. The molecule has 2 aromatic carbocycles. The number of fused-ring (bicyclic) bond motifs is 1. The van der Waals surface area contributed by atoms with Gasteiger partial charge in [0.2, 0.25) is 6.33 Å². The first kappa shape index (κ1) is 16.9. The van der Waals surface area contributed by atoms with E-state index in [1.165, 1.54) is 19.3 Å². The fraction of sp³-hybridized carbons (Fsp3) is 0.188. The van der Waals surface area contributed by atoms with Gasteiger partial charge < -0.3 is 4.90 Å². The van der Waals surface area contributed by atoms with E-state index in [2.05, 4.69) is 14.8 Å². The molecule has 1 heterocycles. The van der Waals surface area contributed by atoms with E-state index in [0.29, 0.717) is 5.39 Å². The van der Waals surface area contributed by atoms with Crippen LogP contribution in [0, 0.1) is 0 Å². The minimum Gasteiger partial charge on any atom is -0.377 e. The molecule has 0 bridgehead atoms. The Morgan fingerprint density at radius 2 is 1.84 bits per heavy atom. The van der Waals surface area contributed by atoms with Crippen molar-refractivity contribution in [1.29, 1.82) is 0 Å². The molecule has 0 amide bonds. The van der Waals surface area contributed by atoms with Gasteiger partial charge in [0, 0.05) is 37.5 Å². The number of aromatic nitrogens is 3. The molecule has 0 aliphatic carbocycles. The van der Waals surface area contributed by atoms with Gasteiger partial charge >= 0.3 is 11.9 Å². The van der Waals surface area contributed by atoms with Crippen LogP contribution in [0.4, 0.5) is 11.6 Å². The average Bonchev–Trinajstić information content (AvgIpc) is 3.01. The van der Waals surface area contributed by atoms with E-state index in [1.54, 1.807) is 12.1 Å². The minimum atomic E-state index is -3.92. The summed E-state index contributed by atoms with van der Waals surface area (Å²) in [5.74, 6) is -0.431. The van der Waals surface area contributed by atoms with Gasteiger partial charge in [0.1, 0.15) is 4.90 Å². The Morgan fingerprint density at radius 1 is 1.16 bits per heavy atom. The molecule has 1 aromatic heterocycles. The number of hydrogen-bond donors (Lipinski definition) is 1. The Balaban J connectivity index is 2.13. The molecule has 0 radical (unpaired) electrons. The molecule has 9 heteroatoms. The summed E-state index contributed by atoms with van der Waals surface area (Å²) in [5, 5.41) is 5.18. The number of sulfonamides is 1. The van der Waals surface area contributed by atoms with Crippen LogP contribution in [0.2, 0.25) is 0 Å². The molecule has 0 saturated heterocycles. The third-order valence-corrected chi connectivity index (χ3v) is 5.14. The van der Waals surface area contributed by atoms with Gasteiger partial charge in [-0.15, -0.1) is 0 Å². The van der Waals surface area contributed by atoms with Crippen molar-refractivity contribution in [2.75, 3.05) is 23.7 Å². The molecular formula is C16H18N5O3S+. The summed E-state index contributed by atoms with van der Waals surface area (Å²) in [4.78, 5) is 16.2. The van der Waals surface area contributed by atoms with Crippen molar-refractivity contribution in [1.82, 2.24) is 9.78 Å². The fourth-order valence-corrected chi connectivity index (χ4v) is 3.88. The van der Waals surface area contributed by atoms with Crippen LogP contribution >= 0.6 is 0 Å². The molecule has 8 nitrogen and oxygen atoms in total. The van der Waals surface area contributed by atoms with Crippen molar-refractivity contribution in [2.24, 2.45) is 0 Å². The van der Waals surface area contributed by atoms with Crippen molar-refractivity contribution in [3.63, 3.8) is 0 Å². The van der Waals surface area contributed by atoms with Gasteiger partial charge in [0.25, 0.3) is 10.0 Å². The highest BCUT2D eigenvalue weighted by atomic mass is 32.2. The molecule has 0 fully saturated rings. The first-order valence-electron chi connectivity index (χ1n) is 7.50. The lowest BCUT2D eigenvalue weighted by atomic mass is 10.1. The molecule has 0 aliphatic heterocycles. The van der Waals surface area contributed by atoms with Gasteiger partial charge in [-0.3, -0.25) is 4.79 Å². The number of nitrogens with zero attached hydrogens (tertiary/aromatic N) is 3. The number of H-pyrrole nitrogens is 1. The van der Waals surface area contributed by atoms with Gasteiger partial charge in [-0.2, -0.15) is 13.1 Å². The molecule has 0 saturated carbocycles. The van der Waals surface area contributed by atoms with Crippen LogP contribution in [0.3, 0.4) is 0 Å². The maximum absolute atomic E-state index is 12.9. The number of anilines is 2. The second kappa shape index (κ2) is 6.17. The number of nitrogens with one attached hydrogen (secondary N) is 2. The minimum absolute atomic E-state index is 0.0201. The fourth-order valence-electron chi connectivity index (χ4n) is 2.65. The van der Waals surface area contributed by atoms with Gasteiger partial charge in [-0.1, -0.05) is 24.3 Å². The summed E-state index contributed by atoms with van der Waals surface area (Å²) < 4.78 is 29.1. The third kappa shape index (κ3) is 3.05. The van der Waals surface area contributed by atoms with E-state index in [9.17, 15) is 13.2 Å². The number of benzene rings is 2. The van der Waals surface area contributed by atoms with Gasteiger partial charge in [0.05, 0.1) is 0 Å². The molecule has 25 heavy (non-hydrogen) atoms. The average molecular weight is 360 g/mol. The normalized spacial score (nSPS) is 11.5. The highest BCUT2D eigenvalue weighted by molar-refractivity contribution is 7.93. The van der Waals surface area contributed by atoms with Crippen molar-refractivity contribution in [2.45, 2.75) is 11.8 Å². The zero-order valence-corrected chi connectivity index (χ0v) is 14.8. The van der Waals surface area contributed by atoms with E-state index in [4.69, 9.17) is 0 Å². The standard InChI is InChI=1S/C16H17N5O3S/c1-11(22)21-16(17-10-18-21)19-25(23,24)15-9-5-6-12-13(15)7-4-8-14(12)20(2)3/h4-10H,1-3H3,(H,17,18,19)/p+1. The second-order valence-electron chi connectivity index (χ2n) is 5.70. The maximum atomic E-state index is 12.9. The van der Waals surface area contributed by atoms with Gasteiger partial charge in [0.15, 0.2) is 0 Å². The summed E-state index contributed by atoms with van der Waals surface area (Å²) in [6.45, 7) is 1.29. The predicted octanol–water partition coefficient (Wildman–Crippen LogP) is 1.38. The number of hydrogen-bond acceptors (Lipinski definition) is 5. The van der Waals surface area contributed by atoms with Crippen LogP contribution in [0.5, 0.6) is 0 Å². The summed E-state index contributed by atoms with van der Waals surface area (Å²) in [6.07, 6.45) is 1.24. The summed E-state index contributed by atoms with van der Waals surface area (Å²) in [6, 6.07) is 10.6. The first-order valence-corrected chi connectivity index (χ1v) is 8.98. The zero-order valence-electron chi connectivity index (χ0n) is 14.0. The highest BCUT2D eigenvalue weighted by Crippen LogP contribution is 2.30. The lowest BCUT2D eigenvalue weighted by molar-refractivity contribution is -0.360. The lowest BCUT2D eigenvalue weighted by Gasteiger charge is -2.16. The lowest BCUT2D eigenvalue weighted by Crippen LogP contribution is -2.23. The first-order chi connectivity index (χ1) is 11.8.